The lowest BCUT2D eigenvalue weighted by Crippen LogP contribution is -2.37. The standard InChI is InChI=1S/C19H24N4O2/c1-3-25-18(24)19(8-4-5-9-19)13-21-16-11-14(2)22-17(23-16)15-7-6-10-20-12-15/h6-7,10-12H,3-5,8-9,13H2,1-2H3,(H,21,22,23). The molecule has 0 spiro atoms. The van der Waals surface area contributed by atoms with Crippen molar-refractivity contribution in [1.82, 2.24) is 15.0 Å². The molecule has 0 aliphatic heterocycles. The molecule has 0 unspecified atom stereocenters. The van der Waals surface area contributed by atoms with Crippen molar-refractivity contribution in [2.75, 3.05) is 18.5 Å². The zero-order valence-corrected chi connectivity index (χ0v) is 14.8. The number of carbonyl (C=O) groups excluding carboxylic acids is 1. The fraction of sp³-hybridized carbons (Fsp3) is 0.474. The SMILES string of the molecule is CCOC(=O)C1(CNc2cc(C)nc(-c3cccnc3)n2)CCCC1. The summed E-state index contributed by atoms with van der Waals surface area (Å²) in [4.78, 5) is 25.6. The van der Waals surface area contributed by atoms with E-state index in [4.69, 9.17) is 4.74 Å². The summed E-state index contributed by atoms with van der Waals surface area (Å²) in [7, 11) is 0. The van der Waals surface area contributed by atoms with E-state index in [0.717, 1.165) is 42.8 Å². The van der Waals surface area contributed by atoms with Crippen LogP contribution in [0.3, 0.4) is 0 Å². The van der Waals surface area contributed by atoms with Crippen molar-refractivity contribution in [2.24, 2.45) is 5.41 Å². The van der Waals surface area contributed by atoms with Gasteiger partial charge in [-0.15, -0.1) is 0 Å². The first-order valence-electron chi connectivity index (χ1n) is 8.80. The molecular formula is C19H24N4O2. The number of nitrogens with zero attached hydrogens (tertiary/aromatic N) is 3. The number of carbonyl (C=O) groups is 1. The average Bonchev–Trinajstić information content (AvgIpc) is 3.11. The zero-order chi connectivity index (χ0) is 17.7. The van der Waals surface area contributed by atoms with Crippen LogP contribution < -0.4 is 5.32 Å². The maximum absolute atomic E-state index is 12.4. The molecule has 0 aromatic carbocycles. The normalized spacial score (nSPS) is 15.8. The Kier molecular flexibility index (Phi) is 5.26. The molecule has 2 heterocycles. The van der Waals surface area contributed by atoms with Gasteiger partial charge in [0, 0.05) is 36.3 Å². The summed E-state index contributed by atoms with van der Waals surface area (Å²) in [6.45, 7) is 4.73. The molecule has 132 valence electrons. The third kappa shape index (κ3) is 3.95. The highest BCUT2D eigenvalue weighted by molar-refractivity contribution is 5.78. The van der Waals surface area contributed by atoms with Gasteiger partial charge in [-0.25, -0.2) is 9.97 Å². The lowest BCUT2D eigenvalue weighted by Gasteiger charge is -2.27. The van der Waals surface area contributed by atoms with Crippen LogP contribution in [0, 0.1) is 12.3 Å². The van der Waals surface area contributed by atoms with E-state index < -0.39 is 5.41 Å². The molecule has 2 aromatic rings. The lowest BCUT2D eigenvalue weighted by atomic mass is 9.86. The van der Waals surface area contributed by atoms with Crippen LogP contribution in [0.25, 0.3) is 11.4 Å². The molecule has 2 aromatic heterocycles. The Morgan fingerprint density at radius 1 is 1.32 bits per heavy atom. The minimum Gasteiger partial charge on any atom is -0.466 e. The third-order valence-electron chi connectivity index (χ3n) is 4.65. The van der Waals surface area contributed by atoms with Crippen LogP contribution in [-0.4, -0.2) is 34.1 Å². The van der Waals surface area contributed by atoms with Crippen LogP contribution >= 0.6 is 0 Å². The number of aryl methyl sites for hydroxylation is 1. The van der Waals surface area contributed by atoms with E-state index in [9.17, 15) is 4.79 Å². The Balaban J connectivity index is 1.78. The van der Waals surface area contributed by atoms with Gasteiger partial charge >= 0.3 is 5.97 Å². The molecule has 0 radical (unpaired) electrons. The van der Waals surface area contributed by atoms with E-state index in [-0.39, 0.29) is 5.97 Å². The molecule has 25 heavy (non-hydrogen) atoms. The van der Waals surface area contributed by atoms with Gasteiger partial charge in [-0.1, -0.05) is 12.8 Å². The van der Waals surface area contributed by atoms with Crippen LogP contribution in [0.15, 0.2) is 30.6 Å². The zero-order valence-electron chi connectivity index (χ0n) is 14.8. The van der Waals surface area contributed by atoms with Gasteiger partial charge < -0.3 is 10.1 Å². The molecule has 0 bridgehead atoms. The molecule has 1 N–H and O–H groups in total. The monoisotopic (exact) mass is 340 g/mol. The van der Waals surface area contributed by atoms with Crippen molar-refractivity contribution in [3.8, 4) is 11.4 Å². The Hall–Kier alpha value is -2.50. The second-order valence-electron chi connectivity index (χ2n) is 6.52. The minimum absolute atomic E-state index is 0.0988. The molecule has 6 nitrogen and oxygen atoms in total. The smallest absolute Gasteiger partial charge is 0.313 e. The maximum Gasteiger partial charge on any atom is 0.313 e. The van der Waals surface area contributed by atoms with Crippen molar-refractivity contribution < 1.29 is 9.53 Å². The summed E-state index contributed by atoms with van der Waals surface area (Å²) in [5, 5.41) is 3.35. The summed E-state index contributed by atoms with van der Waals surface area (Å²) < 4.78 is 5.31. The van der Waals surface area contributed by atoms with Gasteiger partial charge in [-0.05, 0) is 38.8 Å². The predicted molar refractivity (Wildman–Crippen MR) is 96.0 cm³/mol. The summed E-state index contributed by atoms with van der Waals surface area (Å²) in [6.07, 6.45) is 7.31. The fourth-order valence-corrected chi connectivity index (χ4v) is 3.33. The van der Waals surface area contributed by atoms with Crippen molar-refractivity contribution in [3.63, 3.8) is 0 Å². The first kappa shape index (κ1) is 17.3. The van der Waals surface area contributed by atoms with E-state index in [1.165, 1.54) is 0 Å². The molecular weight excluding hydrogens is 316 g/mol. The Morgan fingerprint density at radius 3 is 2.80 bits per heavy atom. The van der Waals surface area contributed by atoms with E-state index in [2.05, 4.69) is 20.3 Å². The van der Waals surface area contributed by atoms with E-state index in [1.807, 2.05) is 32.0 Å². The summed E-state index contributed by atoms with van der Waals surface area (Å²) >= 11 is 0. The van der Waals surface area contributed by atoms with Gasteiger partial charge in [-0.2, -0.15) is 0 Å². The molecule has 1 saturated carbocycles. The van der Waals surface area contributed by atoms with Crippen LogP contribution in [0.4, 0.5) is 5.82 Å². The van der Waals surface area contributed by atoms with Gasteiger partial charge in [0.15, 0.2) is 5.82 Å². The first-order chi connectivity index (χ1) is 12.1. The van der Waals surface area contributed by atoms with Crippen LogP contribution in [0.5, 0.6) is 0 Å². The second kappa shape index (κ2) is 7.59. The number of hydrogen-bond donors (Lipinski definition) is 1. The van der Waals surface area contributed by atoms with Crippen LogP contribution in [0.1, 0.15) is 38.3 Å². The third-order valence-corrected chi connectivity index (χ3v) is 4.65. The van der Waals surface area contributed by atoms with E-state index in [1.54, 1.807) is 12.4 Å². The topological polar surface area (TPSA) is 77.0 Å². The van der Waals surface area contributed by atoms with E-state index in [0.29, 0.717) is 19.0 Å². The minimum atomic E-state index is -0.441. The number of hydrogen-bond acceptors (Lipinski definition) is 6. The fourth-order valence-electron chi connectivity index (χ4n) is 3.33. The number of anilines is 1. The molecule has 1 aliphatic carbocycles. The maximum atomic E-state index is 12.4. The quantitative estimate of drug-likeness (QED) is 0.812. The summed E-state index contributed by atoms with van der Waals surface area (Å²) in [5.41, 5.74) is 1.30. The summed E-state index contributed by atoms with van der Waals surface area (Å²) in [6, 6.07) is 5.69. The van der Waals surface area contributed by atoms with Crippen LogP contribution in [-0.2, 0) is 9.53 Å². The van der Waals surface area contributed by atoms with Gasteiger partial charge in [-0.3, -0.25) is 9.78 Å². The highest BCUT2D eigenvalue weighted by atomic mass is 16.5. The van der Waals surface area contributed by atoms with Gasteiger partial charge in [0.2, 0.25) is 0 Å². The average molecular weight is 340 g/mol. The molecule has 0 amide bonds. The highest BCUT2D eigenvalue weighted by Crippen LogP contribution is 2.39. The second-order valence-corrected chi connectivity index (χ2v) is 6.52. The molecule has 0 saturated heterocycles. The molecule has 1 aliphatic rings. The number of rotatable bonds is 6. The van der Waals surface area contributed by atoms with Crippen molar-refractivity contribution in [1.29, 1.82) is 0 Å². The largest absolute Gasteiger partial charge is 0.466 e. The molecule has 0 atom stereocenters. The number of esters is 1. The van der Waals surface area contributed by atoms with Gasteiger partial charge in [0.1, 0.15) is 5.82 Å². The van der Waals surface area contributed by atoms with Crippen molar-refractivity contribution >= 4 is 11.8 Å². The van der Waals surface area contributed by atoms with Crippen molar-refractivity contribution in [2.45, 2.75) is 39.5 Å². The van der Waals surface area contributed by atoms with Crippen molar-refractivity contribution in [3.05, 3.63) is 36.3 Å². The number of pyridine rings is 1. The molecule has 3 rings (SSSR count). The molecule has 6 heteroatoms. The van der Waals surface area contributed by atoms with E-state index >= 15 is 0 Å². The Bertz CT molecular complexity index is 727. The Labute approximate surface area is 148 Å². The summed E-state index contributed by atoms with van der Waals surface area (Å²) in [5.74, 6) is 1.26. The number of aromatic nitrogens is 3. The number of nitrogens with one attached hydrogen (secondary N) is 1. The van der Waals surface area contributed by atoms with Gasteiger partial charge in [0.25, 0.3) is 0 Å². The first-order valence-corrected chi connectivity index (χ1v) is 8.80. The van der Waals surface area contributed by atoms with Crippen LogP contribution in [0.2, 0.25) is 0 Å². The van der Waals surface area contributed by atoms with Gasteiger partial charge in [0.05, 0.1) is 12.0 Å². The highest BCUT2D eigenvalue weighted by Gasteiger charge is 2.42. The Morgan fingerprint density at radius 2 is 2.12 bits per heavy atom. The number of ether oxygens (including phenoxy) is 1. The lowest BCUT2D eigenvalue weighted by molar-refractivity contribution is -0.154. The molecule has 1 fully saturated rings. The predicted octanol–water partition coefficient (Wildman–Crippen LogP) is 3.38.